The van der Waals surface area contributed by atoms with Gasteiger partial charge in [-0.1, -0.05) is 18.5 Å². The lowest BCUT2D eigenvalue weighted by molar-refractivity contribution is -0.0463. The molecule has 18 heavy (non-hydrogen) atoms. The van der Waals surface area contributed by atoms with Gasteiger partial charge >= 0.3 is 0 Å². The fourth-order valence-corrected chi connectivity index (χ4v) is 2.15. The van der Waals surface area contributed by atoms with Gasteiger partial charge in [0, 0.05) is 24.8 Å². The minimum absolute atomic E-state index is 0.0937. The number of morpholine rings is 1. The Morgan fingerprint density at radius 1 is 1.56 bits per heavy atom. The second kappa shape index (κ2) is 6.27. The third-order valence-corrected chi connectivity index (χ3v) is 3.36. The average molecular weight is 271 g/mol. The van der Waals surface area contributed by atoms with Crippen LogP contribution >= 0.6 is 11.6 Å². The maximum Gasteiger partial charge on any atom is 0.140 e. The first-order valence-electron chi connectivity index (χ1n) is 6.21. The monoisotopic (exact) mass is 270 g/mol. The number of nitrogens with two attached hydrogens (primary N) is 1. The van der Waals surface area contributed by atoms with Gasteiger partial charge < -0.3 is 15.2 Å². The van der Waals surface area contributed by atoms with E-state index in [0.717, 1.165) is 26.2 Å². The van der Waals surface area contributed by atoms with Crippen molar-refractivity contribution in [1.82, 2.24) is 4.90 Å². The lowest BCUT2D eigenvalue weighted by atomic mass is 10.2. The Kier molecular flexibility index (Phi) is 4.69. The van der Waals surface area contributed by atoms with Crippen LogP contribution in [0.1, 0.15) is 6.92 Å². The van der Waals surface area contributed by atoms with Crippen molar-refractivity contribution in [3.8, 4) is 5.75 Å². The Balaban J connectivity index is 1.89. The number of benzene rings is 1. The van der Waals surface area contributed by atoms with E-state index in [2.05, 4.69) is 11.8 Å². The van der Waals surface area contributed by atoms with E-state index in [1.165, 1.54) is 0 Å². The molecule has 0 radical (unpaired) electrons. The molecule has 1 aliphatic rings. The molecule has 0 amide bonds. The number of nitrogens with zero attached hydrogens (tertiary/aromatic N) is 1. The van der Waals surface area contributed by atoms with Crippen LogP contribution in [-0.4, -0.2) is 43.9 Å². The van der Waals surface area contributed by atoms with E-state index in [9.17, 15) is 0 Å². The van der Waals surface area contributed by atoms with Crippen molar-refractivity contribution in [1.29, 1.82) is 0 Å². The summed E-state index contributed by atoms with van der Waals surface area (Å²) in [4.78, 5) is 2.35. The average Bonchev–Trinajstić information content (AvgIpc) is 2.40. The predicted octanol–water partition coefficient (Wildman–Crippen LogP) is 2.02. The first-order valence-corrected chi connectivity index (χ1v) is 6.58. The molecule has 1 aromatic carbocycles. The molecule has 2 N–H and O–H groups in total. The molecule has 100 valence electrons. The topological polar surface area (TPSA) is 47.7 Å². The Hall–Kier alpha value is -0.970. The summed E-state index contributed by atoms with van der Waals surface area (Å²) in [5, 5.41) is 0.576. The minimum Gasteiger partial charge on any atom is -0.489 e. The molecule has 0 spiro atoms. The Morgan fingerprint density at radius 3 is 3.17 bits per heavy atom. The van der Waals surface area contributed by atoms with Gasteiger partial charge in [-0.15, -0.1) is 0 Å². The first kappa shape index (κ1) is 13.5. The third-order valence-electron chi connectivity index (χ3n) is 3.05. The number of anilines is 1. The summed E-state index contributed by atoms with van der Waals surface area (Å²) in [7, 11) is 0. The molecule has 0 aromatic heterocycles. The molecule has 1 fully saturated rings. The van der Waals surface area contributed by atoms with E-state index in [4.69, 9.17) is 26.8 Å². The standard InChI is InChI=1S/C13H19ClN2O2/c1-2-16-5-6-17-11(8-16)9-18-13-7-10(15)3-4-12(13)14/h3-4,7,11H,2,5-6,8-9,15H2,1H3. The van der Waals surface area contributed by atoms with E-state index < -0.39 is 0 Å². The van der Waals surface area contributed by atoms with Crippen LogP contribution in [-0.2, 0) is 4.74 Å². The molecule has 5 heteroatoms. The molecular weight excluding hydrogens is 252 g/mol. The molecule has 1 unspecified atom stereocenters. The van der Waals surface area contributed by atoms with Crippen molar-refractivity contribution in [2.45, 2.75) is 13.0 Å². The quantitative estimate of drug-likeness (QED) is 0.851. The molecule has 1 atom stereocenters. The maximum atomic E-state index is 6.04. The second-order valence-corrected chi connectivity index (χ2v) is 4.79. The van der Waals surface area contributed by atoms with Crippen LogP contribution < -0.4 is 10.5 Å². The fourth-order valence-electron chi connectivity index (χ4n) is 1.98. The van der Waals surface area contributed by atoms with Crippen molar-refractivity contribution < 1.29 is 9.47 Å². The minimum atomic E-state index is 0.0937. The van der Waals surface area contributed by atoms with Crippen LogP contribution in [0.25, 0.3) is 0 Å². The number of hydrogen-bond acceptors (Lipinski definition) is 4. The van der Waals surface area contributed by atoms with Gasteiger partial charge in [0.15, 0.2) is 0 Å². The van der Waals surface area contributed by atoms with Gasteiger partial charge in [-0.2, -0.15) is 0 Å². The number of hydrogen-bond donors (Lipinski definition) is 1. The van der Waals surface area contributed by atoms with Gasteiger partial charge in [-0.3, -0.25) is 4.90 Å². The largest absolute Gasteiger partial charge is 0.489 e. The van der Waals surface area contributed by atoms with Crippen molar-refractivity contribution in [3.05, 3.63) is 23.2 Å². The van der Waals surface area contributed by atoms with Crippen molar-refractivity contribution >= 4 is 17.3 Å². The molecule has 0 aliphatic carbocycles. The highest BCUT2D eigenvalue weighted by molar-refractivity contribution is 6.32. The lowest BCUT2D eigenvalue weighted by Crippen LogP contribution is -2.44. The van der Waals surface area contributed by atoms with Gasteiger partial charge in [0.1, 0.15) is 18.5 Å². The van der Waals surface area contributed by atoms with E-state index in [-0.39, 0.29) is 6.10 Å². The number of rotatable bonds is 4. The zero-order valence-electron chi connectivity index (χ0n) is 10.6. The van der Waals surface area contributed by atoms with Gasteiger partial charge in [0.25, 0.3) is 0 Å². The van der Waals surface area contributed by atoms with Crippen LogP contribution in [0.2, 0.25) is 5.02 Å². The van der Waals surface area contributed by atoms with Crippen LogP contribution in [0.3, 0.4) is 0 Å². The Bertz CT molecular complexity index is 401. The SMILES string of the molecule is CCN1CCOC(COc2cc(N)ccc2Cl)C1. The molecular formula is C13H19ClN2O2. The molecule has 1 heterocycles. The van der Waals surface area contributed by atoms with E-state index >= 15 is 0 Å². The summed E-state index contributed by atoms with van der Waals surface area (Å²) in [5.41, 5.74) is 6.35. The predicted molar refractivity (Wildman–Crippen MR) is 73.2 cm³/mol. The molecule has 1 aliphatic heterocycles. The number of nitrogen functional groups attached to an aromatic ring is 1. The maximum absolute atomic E-state index is 6.04. The summed E-state index contributed by atoms with van der Waals surface area (Å²) in [6.45, 7) is 6.34. The van der Waals surface area contributed by atoms with E-state index in [0.29, 0.717) is 23.1 Å². The molecule has 1 aromatic rings. The van der Waals surface area contributed by atoms with Crippen LogP contribution in [0.5, 0.6) is 5.75 Å². The van der Waals surface area contributed by atoms with Gasteiger partial charge in [-0.05, 0) is 18.7 Å². The second-order valence-electron chi connectivity index (χ2n) is 4.39. The van der Waals surface area contributed by atoms with Gasteiger partial charge in [-0.25, -0.2) is 0 Å². The summed E-state index contributed by atoms with van der Waals surface area (Å²) < 4.78 is 11.3. The van der Waals surface area contributed by atoms with E-state index in [1.54, 1.807) is 18.2 Å². The van der Waals surface area contributed by atoms with Crippen LogP contribution in [0, 0.1) is 0 Å². The van der Waals surface area contributed by atoms with Gasteiger partial charge in [0.05, 0.1) is 11.6 Å². The summed E-state index contributed by atoms with van der Waals surface area (Å²) in [6, 6.07) is 5.24. The Labute approximate surface area is 113 Å². The summed E-state index contributed by atoms with van der Waals surface area (Å²) >= 11 is 6.04. The fraction of sp³-hybridized carbons (Fsp3) is 0.538. The van der Waals surface area contributed by atoms with Gasteiger partial charge in [0.2, 0.25) is 0 Å². The highest BCUT2D eigenvalue weighted by Crippen LogP contribution is 2.26. The van der Waals surface area contributed by atoms with Crippen LogP contribution in [0.15, 0.2) is 18.2 Å². The number of likely N-dealkylation sites (N-methyl/N-ethyl adjacent to an activating group) is 1. The zero-order chi connectivity index (χ0) is 13.0. The highest BCUT2D eigenvalue weighted by atomic mass is 35.5. The number of ether oxygens (including phenoxy) is 2. The molecule has 4 nitrogen and oxygen atoms in total. The smallest absolute Gasteiger partial charge is 0.140 e. The number of halogens is 1. The highest BCUT2D eigenvalue weighted by Gasteiger charge is 2.20. The molecule has 0 bridgehead atoms. The van der Waals surface area contributed by atoms with Crippen molar-refractivity contribution in [2.75, 3.05) is 38.6 Å². The molecule has 0 saturated carbocycles. The zero-order valence-corrected chi connectivity index (χ0v) is 11.3. The van der Waals surface area contributed by atoms with E-state index in [1.807, 2.05) is 0 Å². The molecule has 2 rings (SSSR count). The summed E-state index contributed by atoms with van der Waals surface area (Å²) in [6.07, 6.45) is 0.0937. The first-order chi connectivity index (χ1) is 8.69. The lowest BCUT2D eigenvalue weighted by Gasteiger charge is -2.31. The van der Waals surface area contributed by atoms with Crippen molar-refractivity contribution in [2.24, 2.45) is 0 Å². The molecule has 1 saturated heterocycles. The Morgan fingerprint density at radius 2 is 2.39 bits per heavy atom. The normalized spacial score (nSPS) is 20.9. The van der Waals surface area contributed by atoms with Crippen LogP contribution in [0.4, 0.5) is 5.69 Å². The van der Waals surface area contributed by atoms with Crippen molar-refractivity contribution in [3.63, 3.8) is 0 Å². The summed E-state index contributed by atoms with van der Waals surface area (Å²) in [5.74, 6) is 0.619. The third kappa shape index (κ3) is 3.51.